The maximum Gasteiger partial charge on any atom is 0.228 e. The molecule has 1 aliphatic rings. The molecule has 0 bridgehead atoms. The van der Waals surface area contributed by atoms with Crippen LogP contribution in [0.25, 0.3) is 11.3 Å². The van der Waals surface area contributed by atoms with E-state index < -0.39 is 0 Å². The first kappa shape index (κ1) is 16.7. The molecule has 2 aromatic rings. The number of anilines is 2. The van der Waals surface area contributed by atoms with Crippen molar-refractivity contribution in [2.75, 3.05) is 17.2 Å². The summed E-state index contributed by atoms with van der Waals surface area (Å²) in [5, 5.41) is 16.0. The quantitative estimate of drug-likeness (QED) is 0.792. The van der Waals surface area contributed by atoms with Crippen LogP contribution in [-0.4, -0.2) is 33.6 Å². The fraction of sp³-hybridized carbons (Fsp3) is 0.353. The normalized spacial score (nSPS) is 14.5. The highest BCUT2D eigenvalue weighted by Crippen LogP contribution is 2.34. The Hall–Kier alpha value is -2.18. The molecular formula is C17H19ClN4O2. The third-order valence-electron chi connectivity index (χ3n) is 4.04. The number of benzene rings is 1. The van der Waals surface area contributed by atoms with E-state index in [4.69, 9.17) is 11.6 Å². The number of hydrogen-bond donors (Lipinski definition) is 3. The average Bonchev–Trinajstić information content (AvgIpc) is 2.66. The van der Waals surface area contributed by atoms with Crippen molar-refractivity contribution in [1.82, 2.24) is 9.97 Å². The minimum absolute atomic E-state index is 0.00958. The number of nitrogens with one attached hydrogen (secondary N) is 2. The molecule has 0 spiro atoms. The Morgan fingerprint density at radius 1 is 1.42 bits per heavy atom. The lowest BCUT2D eigenvalue weighted by Crippen LogP contribution is -2.30. The predicted octanol–water partition coefficient (Wildman–Crippen LogP) is 2.72. The lowest BCUT2D eigenvalue weighted by Gasteiger charge is -2.20. The van der Waals surface area contributed by atoms with Gasteiger partial charge in [-0.25, -0.2) is 9.97 Å². The largest absolute Gasteiger partial charge is 0.394 e. The van der Waals surface area contributed by atoms with E-state index in [1.807, 2.05) is 19.9 Å². The van der Waals surface area contributed by atoms with E-state index in [1.54, 1.807) is 18.3 Å². The predicted molar refractivity (Wildman–Crippen MR) is 94.1 cm³/mol. The van der Waals surface area contributed by atoms with Crippen molar-refractivity contribution in [2.24, 2.45) is 5.92 Å². The summed E-state index contributed by atoms with van der Waals surface area (Å²) < 4.78 is 0. The van der Waals surface area contributed by atoms with Crippen molar-refractivity contribution in [1.29, 1.82) is 0 Å². The molecule has 3 N–H and O–H groups in total. The highest BCUT2D eigenvalue weighted by molar-refractivity contribution is 6.31. The summed E-state index contributed by atoms with van der Waals surface area (Å²) in [4.78, 5) is 20.9. The highest BCUT2D eigenvalue weighted by atomic mass is 35.5. The first-order valence-electron chi connectivity index (χ1n) is 7.81. The van der Waals surface area contributed by atoms with Crippen LogP contribution >= 0.6 is 11.6 Å². The number of nitrogens with zero attached hydrogens (tertiary/aromatic N) is 2. The monoisotopic (exact) mass is 346 g/mol. The number of carbonyl (C=O) groups excluding carboxylic acids is 1. The zero-order valence-corrected chi connectivity index (χ0v) is 14.3. The number of fused-ring (bicyclic) bond motifs is 3. The third-order valence-corrected chi connectivity index (χ3v) is 4.28. The Morgan fingerprint density at radius 3 is 2.92 bits per heavy atom. The summed E-state index contributed by atoms with van der Waals surface area (Å²) in [6.45, 7) is 4.01. The second-order valence-corrected chi connectivity index (χ2v) is 6.60. The Labute approximate surface area is 145 Å². The van der Waals surface area contributed by atoms with Crippen LogP contribution in [0, 0.1) is 5.92 Å². The van der Waals surface area contributed by atoms with Gasteiger partial charge in [-0.2, -0.15) is 0 Å². The molecule has 6 nitrogen and oxygen atoms in total. The lowest BCUT2D eigenvalue weighted by molar-refractivity contribution is -0.115. The lowest BCUT2D eigenvalue weighted by atomic mass is 10.0. The second kappa shape index (κ2) is 6.75. The van der Waals surface area contributed by atoms with Crippen molar-refractivity contribution in [3.63, 3.8) is 0 Å². The smallest absolute Gasteiger partial charge is 0.228 e. The fourth-order valence-corrected chi connectivity index (χ4v) is 2.79. The van der Waals surface area contributed by atoms with E-state index in [1.165, 1.54) is 0 Å². The summed E-state index contributed by atoms with van der Waals surface area (Å²) in [7, 11) is 0. The number of carbonyl (C=O) groups is 1. The molecule has 1 unspecified atom stereocenters. The van der Waals surface area contributed by atoms with E-state index in [-0.39, 0.29) is 30.9 Å². The molecule has 0 fully saturated rings. The van der Waals surface area contributed by atoms with Crippen molar-refractivity contribution in [3.05, 3.63) is 35.0 Å². The average molecular weight is 347 g/mol. The molecule has 7 heteroatoms. The zero-order valence-electron chi connectivity index (χ0n) is 13.5. The first-order valence-corrected chi connectivity index (χ1v) is 8.19. The van der Waals surface area contributed by atoms with Gasteiger partial charge >= 0.3 is 0 Å². The molecule has 1 atom stereocenters. The zero-order chi connectivity index (χ0) is 17.3. The van der Waals surface area contributed by atoms with Crippen LogP contribution in [0.3, 0.4) is 0 Å². The van der Waals surface area contributed by atoms with Gasteiger partial charge in [0.05, 0.1) is 30.5 Å². The van der Waals surface area contributed by atoms with Gasteiger partial charge in [0, 0.05) is 22.3 Å². The number of hydrogen-bond acceptors (Lipinski definition) is 5. The van der Waals surface area contributed by atoms with Crippen LogP contribution in [0.4, 0.5) is 11.6 Å². The molecule has 0 radical (unpaired) electrons. The summed E-state index contributed by atoms with van der Waals surface area (Å²) in [5.41, 5.74) is 2.89. The molecule has 1 aromatic heterocycles. The van der Waals surface area contributed by atoms with Crippen molar-refractivity contribution in [2.45, 2.75) is 26.3 Å². The summed E-state index contributed by atoms with van der Waals surface area (Å²) >= 11 is 6.03. The molecular weight excluding hydrogens is 328 g/mol. The number of aliphatic hydroxyl groups is 1. The van der Waals surface area contributed by atoms with Crippen LogP contribution in [-0.2, 0) is 11.2 Å². The van der Waals surface area contributed by atoms with Crippen molar-refractivity contribution >= 4 is 29.1 Å². The van der Waals surface area contributed by atoms with Gasteiger partial charge in [0.2, 0.25) is 11.9 Å². The van der Waals surface area contributed by atoms with E-state index in [0.717, 1.165) is 11.1 Å². The Balaban J connectivity index is 2.04. The van der Waals surface area contributed by atoms with Gasteiger partial charge < -0.3 is 15.7 Å². The summed E-state index contributed by atoms with van der Waals surface area (Å²) in [6, 6.07) is 5.18. The van der Waals surface area contributed by atoms with Gasteiger partial charge in [0.15, 0.2) is 0 Å². The number of aromatic nitrogens is 2. The van der Waals surface area contributed by atoms with Gasteiger partial charge in [-0.05, 0) is 24.1 Å². The first-order chi connectivity index (χ1) is 11.5. The van der Waals surface area contributed by atoms with Crippen molar-refractivity contribution < 1.29 is 9.90 Å². The van der Waals surface area contributed by atoms with Crippen LogP contribution < -0.4 is 10.6 Å². The topological polar surface area (TPSA) is 87.1 Å². The minimum atomic E-state index is -0.140. The molecule has 0 aliphatic carbocycles. The van der Waals surface area contributed by atoms with Gasteiger partial charge in [0.1, 0.15) is 0 Å². The molecule has 0 saturated carbocycles. The Bertz CT molecular complexity index is 779. The van der Waals surface area contributed by atoms with Crippen LogP contribution in [0.2, 0.25) is 5.02 Å². The molecule has 24 heavy (non-hydrogen) atoms. The number of halogens is 1. The summed E-state index contributed by atoms with van der Waals surface area (Å²) in [6.07, 6.45) is 1.86. The molecule has 126 valence electrons. The second-order valence-electron chi connectivity index (χ2n) is 6.16. The number of amides is 1. The minimum Gasteiger partial charge on any atom is -0.394 e. The van der Waals surface area contributed by atoms with Crippen molar-refractivity contribution in [3.8, 4) is 11.3 Å². The Morgan fingerprint density at radius 2 is 2.21 bits per heavy atom. The molecule has 0 saturated heterocycles. The van der Waals surface area contributed by atoms with E-state index in [2.05, 4.69) is 20.6 Å². The highest BCUT2D eigenvalue weighted by Gasteiger charge is 2.22. The number of aliphatic hydroxyl groups excluding tert-OH is 1. The van der Waals surface area contributed by atoms with Crippen LogP contribution in [0.1, 0.15) is 19.4 Å². The van der Waals surface area contributed by atoms with E-state index in [0.29, 0.717) is 22.4 Å². The van der Waals surface area contributed by atoms with Gasteiger partial charge in [-0.3, -0.25) is 4.79 Å². The summed E-state index contributed by atoms with van der Waals surface area (Å²) in [5.74, 6) is 0.528. The molecule has 2 heterocycles. The molecule has 1 aliphatic heterocycles. The van der Waals surface area contributed by atoms with Gasteiger partial charge in [-0.1, -0.05) is 25.4 Å². The maximum atomic E-state index is 12.1. The van der Waals surface area contributed by atoms with E-state index in [9.17, 15) is 9.90 Å². The molecule has 1 aromatic carbocycles. The third kappa shape index (κ3) is 3.34. The molecule has 3 rings (SSSR count). The van der Waals surface area contributed by atoms with Crippen LogP contribution in [0.5, 0.6) is 0 Å². The fourth-order valence-electron chi connectivity index (χ4n) is 2.62. The SMILES string of the molecule is CC(C)C(CO)Nc1ncc2c(n1)-c1ccc(Cl)cc1NC(=O)C2. The van der Waals surface area contributed by atoms with E-state index >= 15 is 0 Å². The maximum absolute atomic E-state index is 12.1. The van der Waals surface area contributed by atoms with Gasteiger partial charge in [-0.15, -0.1) is 0 Å². The molecule has 1 amide bonds. The Kier molecular flexibility index (Phi) is 4.69. The van der Waals surface area contributed by atoms with Gasteiger partial charge in [0.25, 0.3) is 0 Å². The number of rotatable bonds is 4. The van der Waals surface area contributed by atoms with Crippen LogP contribution in [0.15, 0.2) is 24.4 Å². The standard InChI is InChI=1S/C17H19ClN4O2/c1-9(2)14(8-23)21-17-19-7-10-5-15(24)20-13-6-11(18)3-4-12(13)16(10)22-17/h3-4,6-7,9,14,23H,5,8H2,1-2H3,(H,20,24)(H,19,21,22).